The van der Waals surface area contributed by atoms with Gasteiger partial charge < -0.3 is 5.11 Å². The number of rotatable bonds is 9. The molecule has 1 rings (SSSR count). The van der Waals surface area contributed by atoms with E-state index in [-0.39, 0.29) is 0 Å². The molecule has 0 aliphatic carbocycles. The Morgan fingerprint density at radius 1 is 0.947 bits per heavy atom. The van der Waals surface area contributed by atoms with Crippen LogP contribution in [0.1, 0.15) is 57.4 Å². The van der Waals surface area contributed by atoms with Crippen molar-refractivity contribution in [1.29, 1.82) is 0 Å². The molecule has 1 aromatic carbocycles. The Morgan fingerprint density at radius 2 is 1.53 bits per heavy atom. The number of aliphatic hydroxyl groups excluding tert-OH is 1. The van der Waals surface area contributed by atoms with E-state index >= 15 is 0 Å². The summed E-state index contributed by atoms with van der Waals surface area (Å²) in [6, 6.07) is 3.42. The van der Waals surface area contributed by atoms with Gasteiger partial charge in [0.2, 0.25) is 0 Å². The maximum Gasteiger partial charge on any atom is 0.126 e. The van der Waals surface area contributed by atoms with Crippen LogP contribution in [-0.4, -0.2) is 11.2 Å². The zero-order chi connectivity index (χ0) is 14.1. The highest BCUT2D eigenvalue weighted by atomic mass is 19.1. The first-order valence-electron chi connectivity index (χ1n) is 7.25. The third-order valence-electron chi connectivity index (χ3n) is 3.28. The van der Waals surface area contributed by atoms with Crippen LogP contribution in [0, 0.1) is 11.6 Å². The van der Waals surface area contributed by atoms with Crippen LogP contribution in [0.2, 0.25) is 0 Å². The van der Waals surface area contributed by atoms with Crippen molar-refractivity contribution in [2.24, 2.45) is 0 Å². The average Bonchev–Trinajstić information content (AvgIpc) is 2.32. The summed E-state index contributed by atoms with van der Waals surface area (Å²) in [7, 11) is 0. The summed E-state index contributed by atoms with van der Waals surface area (Å²) in [6.45, 7) is 2.18. The molecule has 19 heavy (non-hydrogen) atoms. The van der Waals surface area contributed by atoms with E-state index in [0.29, 0.717) is 18.4 Å². The number of unbranched alkanes of at least 4 members (excludes halogenated alkanes) is 5. The lowest BCUT2D eigenvalue weighted by atomic mass is 10.0. The quantitative estimate of drug-likeness (QED) is 0.649. The fraction of sp³-hybridized carbons (Fsp3) is 0.625. The van der Waals surface area contributed by atoms with E-state index in [1.54, 1.807) is 0 Å². The number of aliphatic hydroxyl groups is 1. The Labute approximate surface area is 114 Å². The van der Waals surface area contributed by atoms with Crippen molar-refractivity contribution in [2.45, 2.75) is 64.4 Å². The van der Waals surface area contributed by atoms with E-state index in [1.807, 2.05) is 0 Å². The molecule has 0 saturated heterocycles. The normalized spacial score (nSPS) is 12.6. The SMILES string of the molecule is CCCCCCCCC(O)Cc1cc(F)cc(F)c1. The van der Waals surface area contributed by atoms with E-state index < -0.39 is 17.7 Å². The van der Waals surface area contributed by atoms with E-state index in [4.69, 9.17) is 0 Å². The van der Waals surface area contributed by atoms with E-state index in [2.05, 4.69) is 6.92 Å². The molecule has 0 bridgehead atoms. The zero-order valence-electron chi connectivity index (χ0n) is 11.7. The van der Waals surface area contributed by atoms with E-state index in [0.717, 1.165) is 18.9 Å². The molecule has 0 aliphatic rings. The fourth-order valence-corrected chi connectivity index (χ4v) is 2.26. The summed E-state index contributed by atoms with van der Waals surface area (Å²) in [5.74, 6) is -1.16. The number of hydrogen-bond acceptors (Lipinski definition) is 1. The van der Waals surface area contributed by atoms with Crippen LogP contribution >= 0.6 is 0 Å². The van der Waals surface area contributed by atoms with Crippen LogP contribution in [0.15, 0.2) is 18.2 Å². The Bertz CT molecular complexity index is 346. The number of halogens is 2. The van der Waals surface area contributed by atoms with E-state index in [1.165, 1.54) is 37.8 Å². The maximum absolute atomic E-state index is 13.0. The topological polar surface area (TPSA) is 20.2 Å². The summed E-state index contributed by atoms with van der Waals surface area (Å²) in [5, 5.41) is 9.84. The molecule has 1 aromatic rings. The molecule has 0 aliphatic heterocycles. The Morgan fingerprint density at radius 3 is 2.16 bits per heavy atom. The molecule has 0 aromatic heterocycles. The summed E-state index contributed by atoms with van der Waals surface area (Å²) in [6.07, 6.45) is 7.56. The minimum atomic E-state index is -0.582. The summed E-state index contributed by atoms with van der Waals surface area (Å²) < 4.78 is 26.0. The molecular formula is C16H24F2O. The smallest absolute Gasteiger partial charge is 0.126 e. The van der Waals surface area contributed by atoms with Crippen molar-refractivity contribution in [2.75, 3.05) is 0 Å². The van der Waals surface area contributed by atoms with Gasteiger partial charge in [-0.25, -0.2) is 8.78 Å². The molecule has 1 unspecified atom stereocenters. The van der Waals surface area contributed by atoms with Gasteiger partial charge in [0.25, 0.3) is 0 Å². The molecule has 0 fully saturated rings. The molecule has 0 radical (unpaired) electrons. The third-order valence-corrected chi connectivity index (χ3v) is 3.28. The summed E-state index contributed by atoms with van der Waals surface area (Å²) in [4.78, 5) is 0. The molecule has 1 atom stereocenters. The van der Waals surface area contributed by atoms with Crippen LogP contribution in [-0.2, 0) is 6.42 Å². The second-order valence-corrected chi connectivity index (χ2v) is 5.19. The maximum atomic E-state index is 13.0. The molecule has 0 saturated carbocycles. The minimum Gasteiger partial charge on any atom is -0.393 e. The molecule has 1 N–H and O–H groups in total. The van der Waals surface area contributed by atoms with Crippen LogP contribution in [0.3, 0.4) is 0 Å². The van der Waals surface area contributed by atoms with Gasteiger partial charge in [-0.2, -0.15) is 0 Å². The predicted octanol–water partition coefficient (Wildman–Crippen LogP) is 4.62. The monoisotopic (exact) mass is 270 g/mol. The second-order valence-electron chi connectivity index (χ2n) is 5.19. The lowest BCUT2D eigenvalue weighted by Crippen LogP contribution is -2.10. The first-order chi connectivity index (χ1) is 9.11. The standard InChI is InChI=1S/C16H24F2O/c1-2-3-4-5-6-7-8-16(19)11-13-9-14(17)12-15(18)10-13/h9-10,12,16,19H,2-8,11H2,1H3. The number of benzene rings is 1. The Balaban J connectivity index is 2.21. The van der Waals surface area contributed by atoms with Gasteiger partial charge in [-0.3, -0.25) is 0 Å². The summed E-state index contributed by atoms with van der Waals surface area (Å²) in [5.41, 5.74) is 0.524. The van der Waals surface area contributed by atoms with Gasteiger partial charge in [-0.15, -0.1) is 0 Å². The van der Waals surface area contributed by atoms with Crippen LogP contribution < -0.4 is 0 Å². The lowest BCUT2D eigenvalue weighted by Gasteiger charge is -2.10. The Kier molecular flexibility index (Phi) is 7.65. The highest BCUT2D eigenvalue weighted by molar-refractivity contribution is 5.18. The van der Waals surface area contributed by atoms with Crippen molar-refractivity contribution in [3.05, 3.63) is 35.4 Å². The van der Waals surface area contributed by atoms with Crippen molar-refractivity contribution in [3.63, 3.8) is 0 Å². The van der Waals surface area contributed by atoms with Gasteiger partial charge in [0.1, 0.15) is 11.6 Å². The second kappa shape index (κ2) is 9.03. The van der Waals surface area contributed by atoms with Gasteiger partial charge >= 0.3 is 0 Å². The Hall–Kier alpha value is -0.960. The molecular weight excluding hydrogens is 246 g/mol. The summed E-state index contributed by atoms with van der Waals surface area (Å²) >= 11 is 0. The van der Waals surface area contributed by atoms with Crippen LogP contribution in [0.4, 0.5) is 8.78 Å². The first-order valence-corrected chi connectivity index (χ1v) is 7.25. The van der Waals surface area contributed by atoms with Crippen LogP contribution in [0.5, 0.6) is 0 Å². The van der Waals surface area contributed by atoms with Gasteiger partial charge in [-0.1, -0.05) is 45.4 Å². The van der Waals surface area contributed by atoms with Crippen molar-refractivity contribution in [1.82, 2.24) is 0 Å². The molecule has 0 spiro atoms. The minimum absolute atomic E-state index is 0.323. The van der Waals surface area contributed by atoms with Gasteiger partial charge in [0.15, 0.2) is 0 Å². The highest BCUT2D eigenvalue weighted by Crippen LogP contribution is 2.14. The largest absolute Gasteiger partial charge is 0.393 e. The molecule has 0 heterocycles. The lowest BCUT2D eigenvalue weighted by molar-refractivity contribution is 0.160. The van der Waals surface area contributed by atoms with Gasteiger partial charge in [0, 0.05) is 6.07 Å². The van der Waals surface area contributed by atoms with Crippen molar-refractivity contribution < 1.29 is 13.9 Å². The molecule has 1 nitrogen and oxygen atoms in total. The van der Waals surface area contributed by atoms with Crippen molar-refractivity contribution >= 4 is 0 Å². The fourth-order valence-electron chi connectivity index (χ4n) is 2.26. The first kappa shape index (κ1) is 16.1. The van der Waals surface area contributed by atoms with Crippen molar-refractivity contribution in [3.8, 4) is 0 Å². The predicted molar refractivity (Wildman–Crippen MR) is 74.1 cm³/mol. The third kappa shape index (κ3) is 7.26. The molecule has 3 heteroatoms. The molecule has 108 valence electrons. The average molecular weight is 270 g/mol. The van der Waals surface area contributed by atoms with E-state index in [9.17, 15) is 13.9 Å². The van der Waals surface area contributed by atoms with Crippen LogP contribution in [0.25, 0.3) is 0 Å². The highest BCUT2D eigenvalue weighted by Gasteiger charge is 2.08. The zero-order valence-corrected chi connectivity index (χ0v) is 11.7. The number of hydrogen-bond donors (Lipinski definition) is 1. The van der Waals surface area contributed by atoms with Gasteiger partial charge in [-0.05, 0) is 30.5 Å². The van der Waals surface area contributed by atoms with Gasteiger partial charge in [0.05, 0.1) is 6.10 Å². The molecule has 0 amide bonds.